The van der Waals surface area contributed by atoms with Gasteiger partial charge in [0.15, 0.2) is 11.6 Å². The van der Waals surface area contributed by atoms with E-state index in [1.807, 2.05) is 0 Å². The summed E-state index contributed by atoms with van der Waals surface area (Å²) in [6, 6.07) is 3.51. The van der Waals surface area contributed by atoms with E-state index in [4.69, 9.17) is 9.47 Å². The summed E-state index contributed by atoms with van der Waals surface area (Å²) < 4.78 is 36.4. The third kappa shape index (κ3) is 4.70. The highest BCUT2D eigenvalue weighted by Gasteiger charge is 2.16. The second-order valence-electron chi connectivity index (χ2n) is 4.84. The predicted octanol–water partition coefficient (Wildman–Crippen LogP) is 1.93. The molecule has 0 saturated carbocycles. The Morgan fingerprint density at radius 1 is 1.40 bits per heavy atom. The van der Waals surface area contributed by atoms with Crippen LogP contribution in [-0.4, -0.2) is 43.7 Å². The van der Waals surface area contributed by atoms with Crippen LogP contribution in [0, 0.1) is 11.6 Å². The number of nitrogens with one attached hydrogen (secondary N) is 1. The first kappa shape index (κ1) is 15.2. The van der Waals surface area contributed by atoms with Gasteiger partial charge in [-0.25, -0.2) is 8.78 Å². The summed E-state index contributed by atoms with van der Waals surface area (Å²) in [6.45, 7) is 1.63. The van der Waals surface area contributed by atoms with Crippen molar-refractivity contribution in [2.45, 2.75) is 25.0 Å². The average Bonchev–Trinajstić information content (AvgIpc) is 2.93. The van der Waals surface area contributed by atoms with Gasteiger partial charge in [0.25, 0.3) is 0 Å². The fourth-order valence-corrected chi connectivity index (χ4v) is 2.01. The van der Waals surface area contributed by atoms with Crippen molar-refractivity contribution in [2.24, 2.45) is 0 Å². The molecular weight excluding hydrogens is 268 g/mol. The van der Waals surface area contributed by atoms with Gasteiger partial charge in [0.05, 0.1) is 25.4 Å². The lowest BCUT2D eigenvalue weighted by Gasteiger charge is -2.15. The van der Waals surface area contributed by atoms with E-state index in [0.717, 1.165) is 31.6 Å². The van der Waals surface area contributed by atoms with Crippen molar-refractivity contribution in [1.29, 1.82) is 0 Å². The lowest BCUT2D eigenvalue weighted by atomic mass is 10.2. The zero-order valence-corrected chi connectivity index (χ0v) is 11.1. The second-order valence-corrected chi connectivity index (χ2v) is 4.84. The Kier molecular flexibility index (Phi) is 5.70. The normalized spacial score (nSPS) is 20.1. The Bertz CT molecular complexity index is 425. The van der Waals surface area contributed by atoms with E-state index >= 15 is 0 Å². The highest BCUT2D eigenvalue weighted by atomic mass is 19.2. The van der Waals surface area contributed by atoms with Gasteiger partial charge in [-0.2, -0.15) is 0 Å². The van der Waals surface area contributed by atoms with Gasteiger partial charge >= 0.3 is 0 Å². The molecule has 2 atom stereocenters. The van der Waals surface area contributed by atoms with Gasteiger partial charge in [0.2, 0.25) is 0 Å². The van der Waals surface area contributed by atoms with Crippen LogP contribution in [0.3, 0.4) is 0 Å². The van der Waals surface area contributed by atoms with Crippen LogP contribution < -0.4 is 5.32 Å². The van der Waals surface area contributed by atoms with E-state index in [2.05, 4.69) is 5.32 Å². The zero-order valence-electron chi connectivity index (χ0n) is 11.1. The number of hydrogen-bond acceptors (Lipinski definition) is 4. The van der Waals surface area contributed by atoms with Crippen LogP contribution in [0.5, 0.6) is 0 Å². The van der Waals surface area contributed by atoms with Crippen LogP contribution in [0.25, 0.3) is 0 Å². The van der Waals surface area contributed by atoms with Gasteiger partial charge in [0.1, 0.15) is 0 Å². The van der Waals surface area contributed by atoms with E-state index in [-0.39, 0.29) is 19.3 Å². The quantitative estimate of drug-likeness (QED) is 0.804. The molecule has 1 aromatic carbocycles. The van der Waals surface area contributed by atoms with Crippen molar-refractivity contribution in [3.05, 3.63) is 29.8 Å². The average molecular weight is 287 g/mol. The lowest BCUT2D eigenvalue weighted by molar-refractivity contribution is -0.0137. The zero-order chi connectivity index (χ0) is 14.4. The summed E-state index contributed by atoms with van der Waals surface area (Å²) in [7, 11) is 0. The molecule has 0 radical (unpaired) electrons. The number of hydrogen-bond donors (Lipinski definition) is 2. The van der Waals surface area contributed by atoms with E-state index < -0.39 is 17.7 Å². The van der Waals surface area contributed by atoms with Crippen molar-refractivity contribution in [2.75, 3.05) is 31.7 Å². The highest BCUT2D eigenvalue weighted by molar-refractivity contribution is 5.43. The maximum absolute atomic E-state index is 13.0. The molecule has 2 unspecified atom stereocenters. The minimum absolute atomic E-state index is 0.126. The van der Waals surface area contributed by atoms with Crippen LogP contribution in [0.15, 0.2) is 18.2 Å². The summed E-state index contributed by atoms with van der Waals surface area (Å²) in [5.74, 6) is -1.81. The van der Waals surface area contributed by atoms with Crippen LogP contribution in [-0.2, 0) is 9.47 Å². The first-order valence-electron chi connectivity index (χ1n) is 6.71. The van der Waals surface area contributed by atoms with Gasteiger partial charge in [-0.3, -0.25) is 0 Å². The molecule has 1 fully saturated rings. The molecule has 1 heterocycles. The second kappa shape index (κ2) is 7.52. The number of anilines is 1. The summed E-state index contributed by atoms with van der Waals surface area (Å²) in [4.78, 5) is 0. The van der Waals surface area contributed by atoms with Crippen molar-refractivity contribution in [3.8, 4) is 0 Å². The maximum atomic E-state index is 13.0. The minimum atomic E-state index is -0.917. The van der Waals surface area contributed by atoms with E-state index in [9.17, 15) is 13.9 Å². The van der Waals surface area contributed by atoms with Crippen molar-refractivity contribution < 1.29 is 23.4 Å². The van der Waals surface area contributed by atoms with Crippen LogP contribution >= 0.6 is 0 Å². The number of halogens is 2. The summed E-state index contributed by atoms with van der Waals surface area (Å²) >= 11 is 0. The van der Waals surface area contributed by atoms with Gasteiger partial charge < -0.3 is 19.9 Å². The van der Waals surface area contributed by atoms with Gasteiger partial charge in [-0.15, -0.1) is 0 Å². The molecule has 2 N–H and O–H groups in total. The monoisotopic (exact) mass is 287 g/mol. The number of aliphatic hydroxyl groups excluding tert-OH is 1. The Labute approximate surface area is 116 Å². The molecule has 0 aromatic heterocycles. The van der Waals surface area contributed by atoms with Crippen LogP contribution in [0.4, 0.5) is 14.5 Å². The van der Waals surface area contributed by atoms with Gasteiger partial charge in [-0.05, 0) is 25.0 Å². The molecule has 112 valence electrons. The molecule has 1 aliphatic heterocycles. The molecule has 0 spiro atoms. The third-order valence-corrected chi connectivity index (χ3v) is 3.10. The lowest BCUT2D eigenvalue weighted by Crippen LogP contribution is -2.27. The SMILES string of the molecule is OC(CNc1ccc(F)c(F)c1)COCC1CCCO1. The van der Waals surface area contributed by atoms with Crippen molar-refractivity contribution in [1.82, 2.24) is 0 Å². The number of ether oxygens (including phenoxy) is 2. The Hall–Kier alpha value is -1.24. The number of rotatable bonds is 7. The Morgan fingerprint density at radius 2 is 2.25 bits per heavy atom. The molecule has 4 nitrogen and oxygen atoms in total. The molecule has 1 aliphatic rings. The van der Waals surface area contributed by atoms with Gasteiger partial charge in [0, 0.05) is 24.9 Å². The molecular formula is C14H19F2NO3. The van der Waals surface area contributed by atoms with Crippen LogP contribution in [0.2, 0.25) is 0 Å². The molecule has 0 bridgehead atoms. The van der Waals surface area contributed by atoms with E-state index in [0.29, 0.717) is 12.3 Å². The Balaban J connectivity index is 1.63. The highest BCUT2D eigenvalue weighted by Crippen LogP contribution is 2.13. The minimum Gasteiger partial charge on any atom is -0.389 e. The molecule has 0 aliphatic carbocycles. The molecule has 1 saturated heterocycles. The fourth-order valence-electron chi connectivity index (χ4n) is 2.01. The van der Waals surface area contributed by atoms with Crippen LogP contribution in [0.1, 0.15) is 12.8 Å². The molecule has 0 amide bonds. The maximum Gasteiger partial charge on any atom is 0.160 e. The standard InChI is InChI=1S/C14H19F2NO3/c15-13-4-3-10(6-14(13)16)17-7-11(18)8-19-9-12-2-1-5-20-12/h3-4,6,11-12,17-18H,1-2,5,7-9H2. The van der Waals surface area contributed by atoms with Crippen molar-refractivity contribution in [3.63, 3.8) is 0 Å². The fraction of sp³-hybridized carbons (Fsp3) is 0.571. The first-order valence-corrected chi connectivity index (χ1v) is 6.71. The molecule has 1 aromatic rings. The Morgan fingerprint density at radius 3 is 2.95 bits per heavy atom. The summed E-state index contributed by atoms with van der Waals surface area (Å²) in [6.07, 6.45) is 1.45. The van der Waals surface area contributed by atoms with Crippen molar-refractivity contribution >= 4 is 5.69 Å². The van der Waals surface area contributed by atoms with E-state index in [1.165, 1.54) is 6.07 Å². The predicted molar refractivity (Wildman–Crippen MR) is 70.6 cm³/mol. The van der Waals surface area contributed by atoms with E-state index in [1.54, 1.807) is 0 Å². The summed E-state index contributed by atoms with van der Waals surface area (Å²) in [5, 5.41) is 12.5. The first-order chi connectivity index (χ1) is 9.65. The summed E-state index contributed by atoms with van der Waals surface area (Å²) in [5.41, 5.74) is 0.419. The van der Waals surface area contributed by atoms with Gasteiger partial charge in [-0.1, -0.05) is 0 Å². The topological polar surface area (TPSA) is 50.7 Å². The number of aliphatic hydroxyl groups is 1. The molecule has 2 rings (SSSR count). The number of benzene rings is 1. The smallest absolute Gasteiger partial charge is 0.160 e. The third-order valence-electron chi connectivity index (χ3n) is 3.10. The molecule has 20 heavy (non-hydrogen) atoms. The largest absolute Gasteiger partial charge is 0.389 e. The molecule has 6 heteroatoms.